The molecule has 0 unspecified atom stereocenters. The lowest BCUT2D eigenvalue weighted by Gasteiger charge is -2.31. The third-order valence-corrected chi connectivity index (χ3v) is 8.59. The Morgan fingerprint density at radius 2 is 2.00 bits per heavy atom. The fourth-order valence-corrected chi connectivity index (χ4v) is 7.14. The molecule has 0 saturated heterocycles. The summed E-state index contributed by atoms with van der Waals surface area (Å²) in [5.74, 6) is 0.678. The Morgan fingerprint density at radius 1 is 1.36 bits per heavy atom. The SMILES string of the molecule is CN(C[C@H](O)CNC(C)(C)CC1Cc2ccccc2C1)Sc1cc(Br)c(Cl)s1. The average molecular weight is 504 g/mol. The maximum Gasteiger partial charge on any atom is 0.108 e. The molecule has 28 heavy (non-hydrogen) atoms. The normalized spacial score (nSPS) is 16.0. The van der Waals surface area contributed by atoms with Crippen molar-refractivity contribution in [1.29, 1.82) is 0 Å². The molecule has 0 bridgehead atoms. The van der Waals surface area contributed by atoms with Crippen molar-refractivity contribution in [2.24, 2.45) is 5.92 Å². The summed E-state index contributed by atoms with van der Waals surface area (Å²) in [6.45, 7) is 5.67. The van der Waals surface area contributed by atoms with Crippen LogP contribution in [0.3, 0.4) is 0 Å². The van der Waals surface area contributed by atoms with Crippen LogP contribution in [0.25, 0.3) is 0 Å². The number of aliphatic hydroxyl groups is 1. The monoisotopic (exact) mass is 502 g/mol. The summed E-state index contributed by atoms with van der Waals surface area (Å²) in [4.78, 5) is 0. The molecule has 1 atom stereocenters. The number of hydrogen-bond acceptors (Lipinski definition) is 5. The van der Waals surface area contributed by atoms with Crippen molar-refractivity contribution >= 4 is 50.8 Å². The van der Waals surface area contributed by atoms with Gasteiger partial charge in [0.25, 0.3) is 0 Å². The van der Waals surface area contributed by atoms with E-state index in [0.29, 0.717) is 19.0 Å². The molecule has 0 amide bonds. The van der Waals surface area contributed by atoms with E-state index in [1.807, 2.05) is 13.1 Å². The van der Waals surface area contributed by atoms with Crippen molar-refractivity contribution in [3.63, 3.8) is 0 Å². The zero-order valence-corrected chi connectivity index (χ0v) is 20.5. The van der Waals surface area contributed by atoms with Crippen LogP contribution in [0.15, 0.2) is 39.0 Å². The molecule has 1 aromatic carbocycles. The van der Waals surface area contributed by atoms with Crippen LogP contribution in [0.4, 0.5) is 0 Å². The summed E-state index contributed by atoms with van der Waals surface area (Å²) >= 11 is 12.7. The van der Waals surface area contributed by atoms with Crippen LogP contribution in [0.1, 0.15) is 31.4 Å². The van der Waals surface area contributed by atoms with Gasteiger partial charge in [-0.25, -0.2) is 4.31 Å². The van der Waals surface area contributed by atoms with Gasteiger partial charge in [-0.1, -0.05) is 35.9 Å². The van der Waals surface area contributed by atoms with E-state index in [9.17, 15) is 5.11 Å². The highest BCUT2D eigenvalue weighted by Gasteiger charge is 2.28. The maximum absolute atomic E-state index is 10.5. The smallest absolute Gasteiger partial charge is 0.108 e. The first-order valence-corrected chi connectivity index (χ1v) is 12.3. The van der Waals surface area contributed by atoms with Gasteiger partial charge >= 0.3 is 0 Å². The number of thiophene rings is 1. The van der Waals surface area contributed by atoms with Crippen LogP contribution < -0.4 is 5.32 Å². The molecule has 2 N–H and O–H groups in total. The van der Waals surface area contributed by atoms with Crippen LogP contribution in [0, 0.1) is 5.92 Å². The number of likely N-dealkylation sites (N-methyl/N-ethyl adjacent to an activating group) is 1. The minimum Gasteiger partial charge on any atom is -0.390 e. The number of rotatable bonds is 9. The van der Waals surface area contributed by atoms with E-state index in [1.165, 1.54) is 24.0 Å². The van der Waals surface area contributed by atoms with E-state index < -0.39 is 6.10 Å². The van der Waals surface area contributed by atoms with Crippen LogP contribution in [0.2, 0.25) is 4.34 Å². The first-order chi connectivity index (χ1) is 13.2. The number of nitrogens with zero attached hydrogens (tertiary/aromatic N) is 1. The second kappa shape index (κ2) is 9.82. The molecule has 1 aromatic heterocycles. The highest BCUT2D eigenvalue weighted by molar-refractivity contribution is 9.10. The van der Waals surface area contributed by atoms with E-state index in [0.717, 1.165) is 19.4 Å². The summed E-state index contributed by atoms with van der Waals surface area (Å²) < 4.78 is 4.85. The van der Waals surface area contributed by atoms with E-state index >= 15 is 0 Å². The number of halogens is 2. The fraction of sp³-hybridized carbons (Fsp3) is 0.524. The quantitative estimate of drug-likeness (QED) is 0.434. The van der Waals surface area contributed by atoms with Crippen molar-refractivity contribution in [2.45, 2.75) is 49.0 Å². The fourth-order valence-electron chi connectivity index (χ4n) is 3.91. The molecule has 3 rings (SSSR count). The summed E-state index contributed by atoms with van der Waals surface area (Å²) in [6.07, 6.45) is 3.03. The van der Waals surface area contributed by atoms with E-state index in [-0.39, 0.29) is 5.54 Å². The van der Waals surface area contributed by atoms with Gasteiger partial charge < -0.3 is 10.4 Å². The van der Waals surface area contributed by atoms with E-state index in [1.54, 1.807) is 23.3 Å². The molecule has 3 nitrogen and oxygen atoms in total. The van der Waals surface area contributed by atoms with Crippen molar-refractivity contribution in [3.05, 3.63) is 50.3 Å². The number of aliphatic hydroxyl groups excluding tert-OH is 1. The Kier molecular flexibility index (Phi) is 7.93. The third-order valence-electron chi connectivity index (χ3n) is 5.09. The lowest BCUT2D eigenvalue weighted by Crippen LogP contribution is -2.46. The lowest BCUT2D eigenvalue weighted by molar-refractivity contribution is 0.138. The highest BCUT2D eigenvalue weighted by atomic mass is 79.9. The lowest BCUT2D eigenvalue weighted by atomic mass is 9.88. The van der Waals surface area contributed by atoms with Gasteiger partial charge in [-0.05, 0) is 91.1 Å². The van der Waals surface area contributed by atoms with Crippen LogP contribution in [-0.4, -0.2) is 41.2 Å². The van der Waals surface area contributed by atoms with Gasteiger partial charge in [-0.15, -0.1) is 11.3 Å². The van der Waals surface area contributed by atoms with Crippen molar-refractivity contribution in [2.75, 3.05) is 20.1 Å². The molecular weight excluding hydrogens is 476 g/mol. The van der Waals surface area contributed by atoms with Gasteiger partial charge in [0.1, 0.15) is 4.34 Å². The summed E-state index contributed by atoms with van der Waals surface area (Å²) in [6, 6.07) is 10.8. The van der Waals surface area contributed by atoms with Crippen molar-refractivity contribution in [1.82, 2.24) is 9.62 Å². The van der Waals surface area contributed by atoms with E-state index in [4.69, 9.17) is 11.6 Å². The predicted molar refractivity (Wildman–Crippen MR) is 126 cm³/mol. The molecule has 1 aliphatic rings. The number of fused-ring (bicyclic) bond motifs is 1. The molecule has 2 aromatic rings. The highest BCUT2D eigenvalue weighted by Crippen LogP contribution is 2.38. The second-order valence-corrected chi connectivity index (χ2v) is 12.3. The van der Waals surface area contributed by atoms with Gasteiger partial charge in [-0.2, -0.15) is 0 Å². The minimum absolute atomic E-state index is 0.00550. The van der Waals surface area contributed by atoms with E-state index in [2.05, 4.69) is 63.7 Å². The Hall–Kier alpha value is -0.0800. The van der Waals surface area contributed by atoms with Crippen molar-refractivity contribution in [3.8, 4) is 0 Å². The zero-order chi connectivity index (χ0) is 20.3. The third kappa shape index (κ3) is 6.46. The van der Waals surface area contributed by atoms with Gasteiger partial charge in [0.2, 0.25) is 0 Å². The molecule has 7 heteroatoms. The molecule has 0 fully saturated rings. The number of hydrogen-bond donors (Lipinski definition) is 2. The van der Waals surface area contributed by atoms with Crippen LogP contribution >= 0.6 is 50.8 Å². The van der Waals surface area contributed by atoms with Crippen LogP contribution in [-0.2, 0) is 12.8 Å². The average Bonchev–Trinajstić information content (AvgIpc) is 3.14. The number of benzene rings is 1. The largest absolute Gasteiger partial charge is 0.390 e. The Balaban J connectivity index is 1.41. The molecule has 0 radical (unpaired) electrons. The number of β-amino-alcohol motifs (C(OH)–C–C–N with tert-alkyl or cyclic N) is 1. The predicted octanol–water partition coefficient (Wildman–Crippen LogP) is 5.64. The van der Waals surface area contributed by atoms with Gasteiger partial charge in [0.15, 0.2) is 0 Å². The van der Waals surface area contributed by atoms with Gasteiger partial charge in [-0.3, -0.25) is 0 Å². The summed E-state index contributed by atoms with van der Waals surface area (Å²) in [5.41, 5.74) is 3.01. The topological polar surface area (TPSA) is 35.5 Å². The standard InChI is InChI=1S/C21H28BrClN2OS2/c1-21(2,11-14-8-15-6-4-5-7-16(15)9-14)24-12-17(26)13-25(3)28-19-10-18(22)20(23)27-19/h4-7,10,14,17,24,26H,8-9,11-13H2,1-3H3/t17-/m1/s1. The molecule has 154 valence electrons. The Bertz CT molecular complexity index is 754. The van der Waals surface area contributed by atoms with Crippen LogP contribution in [0.5, 0.6) is 0 Å². The second-order valence-electron chi connectivity index (χ2n) is 8.25. The minimum atomic E-state index is -0.420. The molecule has 1 heterocycles. The van der Waals surface area contributed by atoms with Gasteiger partial charge in [0, 0.05) is 23.1 Å². The number of nitrogens with one attached hydrogen (secondary N) is 1. The molecule has 0 saturated carbocycles. The summed E-state index contributed by atoms with van der Waals surface area (Å²) in [7, 11) is 2.00. The zero-order valence-electron chi connectivity index (χ0n) is 16.5. The summed E-state index contributed by atoms with van der Waals surface area (Å²) in [5, 5.41) is 14.1. The Morgan fingerprint density at radius 3 is 2.57 bits per heavy atom. The van der Waals surface area contributed by atoms with Gasteiger partial charge in [0.05, 0.1) is 10.3 Å². The Labute approximate surface area is 190 Å². The molecule has 0 spiro atoms. The van der Waals surface area contributed by atoms with Crippen molar-refractivity contribution < 1.29 is 5.11 Å². The first kappa shape index (κ1) is 22.6. The maximum atomic E-state index is 10.5. The molecular formula is C21H28BrClN2OS2. The molecule has 0 aliphatic heterocycles. The molecule has 1 aliphatic carbocycles. The first-order valence-electron chi connectivity index (χ1n) is 9.55.